The third kappa shape index (κ3) is 50.2. The zero-order valence-corrected chi connectivity index (χ0v) is 41.4. The molecule has 0 aromatic carbocycles. The van der Waals surface area contributed by atoms with E-state index < -0.39 is 6.10 Å². The number of ether oxygens (including phenoxy) is 3. The van der Waals surface area contributed by atoms with Crippen LogP contribution in [0, 0.1) is 0 Å². The van der Waals surface area contributed by atoms with Gasteiger partial charge in [0.1, 0.15) is 6.61 Å². The first-order valence-electron chi connectivity index (χ1n) is 26.8. The summed E-state index contributed by atoms with van der Waals surface area (Å²) in [6.07, 6.45) is 66.6. The maximum absolute atomic E-state index is 12.8. The Labute approximate surface area is 385 Å². The SMILES string of the molecule is CC/C=C\C/C=C\C/C=C\CCCCCCOCC(COC(=O)CCCCCCCCCCCCCCCCCCC)OC(=O)CCCCCCC/C=C\C/C=C\CCCCC. The van der Waals surface area contributed by atoms with E-state index >= 15 is 0 Å². The number of unbranched alkanes of at least 4 members (excludes halogenated alkanes) is 28. The second-order valence-corrected chi connectivity index (χ2v) is 17.8. The van der Waals surface area contributed by atoms with Crippen molar-refractivity contribution in [1.82, 2.24) is 0 Å². The predicted molar refractivity (Wildman–Crippen MR) is 270 cm³/mol. The molecule has 62 heavy (non-hydrogen) atoms. The van der Waals surface area contributed by atoms with Gasteiger partial charge in [-0.15, -0.1) is 0 Å². The Hall–Kier alpha value is -2.40. The summed E-state index contributed by atoms with van der Waals surface area (Å²) in [6.45, 7) is 7.66. The van der Waals surface area contributed by atoms with Crippen molar-refractivity contribution < 1.29 is 23.8 Å². The molecule has 0 aliphatic heterocycles. The lowest BCUT2D eigenvalue weighted by Gasteiger charge is -2.18. The maximum atomic E-state index is 12.8. The molecule has 5 heteroatoms. The predicted octanol–water partition coefficient (Wildman–Crippen LogP) is 18.1. The smallest absolute Gasteiger partial charge is 0.306 e. The average Bonchev–Trinajstić information content (AvgIpc) is 3.27. The Balaban J connectivity index is 4.29. The molecule has 0 heterocycles. The molecule has 0 aromatic rings. The highest BCUT2D eigenvalue weighted by Crippen LogP contribution is 2.15. The summed E-state index contributed by atoms with van der Waals surface area (Å²) in [4.78, 5) is 25.4. The van der Waals surface area contributed by atoms with Crippen LogP contribution >= 0.6 is 0 Å². The van der Waals surface area contributed by atoms with E-state index in [1.165, 1.54) is 148 Å². The van der Waals surface area contributed by atoms with E-state index in [1.54, 1.807) is 0 Å². The molecule has 0 bridgehead atoms. The van der Waals surface area contributed by atoms with E-state index in [1.807, 2.05) is 0 Å². The van der Waals surface area contributed by atoms with Gasteiger partial charge in [-0.1, -0.05) is 229 Å². The largest absolute Gasteiger partial charge is 0.462 e. The summed E-state index contributed by atoms with van der Waals surface area (Å²) >= 11 is 0. The summed E-state index contributed by atoms with van der Waals surface area (Å²) in [7, 11) is 0. The van der Waals surface area contributed by atoms with Crippen molar-refractivity contribution in [3.63, 3.8) is 0 Å². The Kier molecular flexibility index (Phi) is 50.9. The number of esters is 2. The molecular weight excluding hydrogens is 765 g/mol. The number of carbonyl (C=O) groups is 2. The first kappa shape index (κ1) is 59.6. The monoisotopic (exact) mass is 867 g/mol. The van der Waals surface area contributed by atoms with Crippen molar-refractivity contribution in [2.75, 3.05) is 19.8 Å². The fraction of sp³-hybridized carbons (Fsp3) is 0.789. The minimum absolute atomic E-state index is 0.0721. The van der Waals surface area contributed by atoms with Gasteiger partial charge in [0.05, 0.1) is 6.61 Å². The standard InChI is InChI=1S/C57H102O5/c1-4-7-10-13-16-19-22-25-28-29-31-32-35-38-41-44-47-50-56(58)61-54-55(53-60-52-49-46-43-40-37-34-27-24-21-18-15-12-9-6-3)62-57(59)51-48-45-42-39-36-33-30-26-23-20-17-14-11-8-5-2/h9,12,17-18,20-21,26-27,30,34,55H,4-8,10-11,13-16,19,22-25,28-29,31-33,35-54H2,1-3H3/b12-9-,20-17-,21-18-,30-26-,34-27-. The first-order chi connectivity index (χ1) is 30.6. The van der Waals surface area contributed by atoms with Crippen LogP contribution in [0.2, 0.25) is 0 Å². The lowest BCUT2D eigenvalue weighted by atomic mass is 10.0. The summed E-state index contributed by atoms with van der Waals surface area (Å²) < 4.78 is 17.4. The molecule has 0 spiro atoms. The summed E-state index contributed by atoms with van der Waals surface area (Å²) in [6, 6.07) is 0. The quantitative estimate of drug-likeness (QED) is 0.0346. The van der Waals surface area contributed by atoms with Crippen LogP contribution in [-0.2, 0) is 23.8 Å². The Morgan fingerprint density at radius 1 is 0.371 bits per heavy atom. The molecule has 0 saturated carbocycles. The minimum atomic E-state index is -0.554. The van der Waals surface area contributed by atoms with Crippen LogP contribution in [0.4, 0.5) is 0 Å². The fourth-order valence-corrected chi connectivity index (χ4v) is 7.56. The van der Waals surface area contributed by atoms with E-state index in [0.29, 0.717) is 19.4 Å². The molecule has 0 N–H and O–H groups in total. The fourth-order valence-electron chi connectivity index (χ4n) is 7.56. The number of allylic oxidation sites excluding steroid dienone is 10. The highest BCUT2D eigenvalue weighted by atomic mass is 16.6. The van der Waals surface area contributed by atoms with Gasteiger partial charge in [-0.25, -0.2) is 0 Å². The molecule has 0 aliphatic rings. The number of carbonyl (C=O) groups excluding carboxylic acids is 2. The average molecular weight is 867 g/mol. The van der Waals surface area contributed by atoms with Crippen molar-refractivity contribution >= 4 is 11.9 Å². The van der Waals surface area contributed by atoms with Crippen LogP contribution < -0.4 is 0 Å². The van der Waals surface area contributed by atoms with Crippen molar-refractivity contribution in [3.8, 4) is 0 Å². The summed E-state index contributed by atoms with van der Waals surface area (Å²) in [5, 5.41) is 0. The Bertz CT molecular complexity index is 1070. The molecule has 360 valence electrons. The molecule has 0 radical (unpaired) electrons. The Morgan fingerprint density at radius 3 is 1.19 bits per heavy atom. The molecule has 0 amide bonds. The van der Waals surface area contributed by atoms with E-state index in [0.717, 1.165) is 83.5 Å². The highest BCUT2D eigenvalue weighted by Gasteiger charge is 2.17. The van der Waals surface area contributed by atoms with Gasteiger partial charge in [0.2, 0.25) is 0 Å². The highest BCUT2D eigenvalue weighted by molar-refractivity contribution is 5.70. The molecule has 0 saturated heterocycles. The third-order valence-electron chi connectivity index (χ3n) is 11.5. The molecule has 1 unspecified atom stereocenters. The van der Waals surface area contributed by atoms with Gasteiger partial charge in [0.15, 0.2) is 6.10 Å². The van der Waals surface area contributed by atoms with E-state index in [2.05, 4.69) is 81.5 Å². The van der Waals surface area contributed by atoms with Crippen LogP contribution in [-0.4, -0.2) is 37.9 Å². The van der Waals surface area contributed by atoms with Gasteiger partial charge >= 0.3 is 11.9 Å². The maximum Gasteiger partial charge on any atom is 0.306 e. The Morgan fingerprint density at radius 2 is 0.726 bits per heavy atom. The van der Waals surface area contributed by atoms with Crippen LogP contribution in [0.25, 0.3) is 0 Å². The first-order valence-corrected chi connectivity index (χ1v) is 26.8. The summed E-state index contributed by atoms with van der Waals surface area (Å²) in [5.74, 6) is -0.416. The second kappa shape index (κ2) is 52.9. The molecule has 0 aromatic heterocycles. The van der Waals surface area contributed by atoms with Crippen LogP contribution in [0.1, 0.15) is 265 Å². The van der Waals surface area contributed by atoms with Gasteiger partial charge in [-0.05, 0) is 83.5 Å². The van der Waals surface area contributed by atoms with Gasteiger partial charge in [-0.3, -0.25) is 9.59 Å². The molecule has 0 aliphatic carbocycles. The van der Waals surface area contributed by atoms with E-state index in [4.69, 9.17) is 14.2 Å². The van der Waals surface area contributed by atoms with Crippen molar-refractivity contribution in [3.05, 3.63) is 60.8 Å². The second-order valence-electron chi connectivity index (χ2n) is 17.8. The topological polar surface area (TPSA) is 61.8 Å². The van der Waals surface area contributed by atoms with Crippen LogP contribution in [0.5, 0.6) is 0 Å². The molecule has 0 rings (SSSR count). The molecule has 1 atom stereocenters. The van der Waals surface area contributed by atoms with Gasteiger partial charge < -0.3 is 14.2 Å². The van der Waals surface area contributed by atoms with Crippen molar-refractivity contribution in [2.45, 2.75) is 271 Å². The van der Waals surface area contributed by atoms with E-state index in [-0.39, 0.29) is 25.2 Å². The van der Waals surface area contributed by atoms with Gasteiger partial charge in [0, 0.05) is 19.4 Å². The zero-order valence-electron chi connectivity index (χ0n) is 41.4. The van der Waals surface area contributed by atoms with Gasteiger partial charge in [-0.2, -0.15) is 0 Å². The molecule has 5 nitrogen and oxygen atoms in total. The van der Waals surface area contributed by atoms with Crippen LogP contribution in [0.3, 0.4) is 0 Å². The number of rotatable bonds is 49. The van der Waals surface area contributed by atoms with E-state index in [9.17, 15) is 9.59 Å². The molecule has 0 fully saturated rings. The number of hydrogen-bond donors (Lipinski definition) is 0. The normalized spacial score (nSPS) is 12.6. The zero-order chi connectivity index (χ0) is 44.9. The lowest BCUT2D eigenvalue weighted by Crippen LogP contribution is -2.30. The number of hydrogen-bond acceptors (Lipinski definition) is 5. The third-order valence-corrected chi connectivity index (χ3v) is 11.5. The lowest BCUT2D eigenvalue weighted by molar-refractivity contribution is -0.163. The summed E-state index contributed by atoms with van der Waals surface area (Å²) in [5.41, 5.74) is 0. The minimum Gasteiger partial charge on any atom is -0.462 e. The van der Waals surface area contributed by atoms with Gasteiger partial charge in [0.25, 0.3) is 0 Å². The van der Waals surface area contributed by atoms with Crippen LogP contribution in [0.15, 0.2) is 60.8 Å². The van der Waals surface area contributed by atoms with Crippen molar-refractivity contribution in [2.24, 2.45) is 0 Å². The molecular formula is C57H102O5. The van der Waals surface area contributed by atoms with Crippen molar-refractivity contribution in [1.29, 1.82) is 0 Å².